The Morgan fingerprint density at radius 1 is 1.20 bits per heavy atom. The quantitative estimate of drug-likeness (QED) is 0.934. The molecule has 1 N–H and O–H groups in total. The van der Waals surface area contributed by atoms with Gasteiger partial charge in [0.05, 0.1) is 5.52 Å². The van der Waals surface area contributed by atoms with Crippen molar-refractivity contribution in [3.63, 3.8) is 0 Å². The van der Waals surface area contributed by atoms with Gasteiger partial charge >= 0.3 is 0 Å². The minimum absolute atomic E-state index is 0.646. The molecule has 1 aliphatic heterocycles. The van der Waals surface area contributed by atoms with Crippen molar-refractivity contribution in [2.24, 2.45) is 0 Å². The van der Waals surface area contributed by atoms with Crippen LogP contribution in [0.2, 0.25) is 0 Å². The molecule has 0 radical (unpaired) electrons. The first-order valence-electron chi connectivity index (χ1n) is 7.76. The van der Waals surface area contributed by atoms with Gasteiger partial charge in [0.15, 0.2) is 0 Å². The molecule has 0 amide bonds. The van der Waals surface area contributed by atoms with Crippen LogP contribution in [-0.4, -0.2) is 29.5 Å². The van der Waals surface area contributed by atoms with Crippen molar-refractivity contribution in [2.75, 3.05) is 18.0 Å². The fraction of sp³-hybridized carbons (Fsp3) is 0.562. The maximum atomic E-state index is 4.62. The molecule has 1 aliphatic carbocycles. The van der Waals surface area contributed by atoms with E-state index in [9.17, 15) is 0 Å². The van der Waals surface area contributed by atoms with Crippen LogP contribution in [0.25, 0.3) is 10.9 Å². The number of anilines is 1. The van der Waals surface area contributed by atoms with Gasteiger partial charge in [-0.05, 0) is 55.8 Å². The van der Waals surface area contributed by atoms with E-state index in [4.69, 9.17) is 0 Å². The van der Waals surface area contributed by atoms with Crippen LogP contribution < -0.4 is 10.2 Å². The number of aromatic nitrogens is 1. The fourth-order valence-corrected chi connectivity index (χ4v) is 4.11. The first-order chi connectivity index (χ1) is 9.92. The summed E-state index contributed by atoms with van der Waals surface area (Å²) >= 11 is 1.67. The maximum Gasteiger partial charge on any atom is 0.120 e. The van der Waals surface area contributed by atoms with Crippen molar-refractivity contribution in [3.05, 3.63) is 24.3 Å². The summed E-state index contributed by atoms with van der Waals surface area (Å²) in [6.45, 7) is 2.32. The second kappa shape index (κ2) is 5.34. The van der Waals surface area contributed by atoms with Gasteiger partial charge in [0.1, 0.15) is 5.00 Å². The van der Waals surface area contributed by atoms with E-state index in [0.29, 0.717) is 6.04 Å². The minimum Gasteiger partial charge on any atom is -0.357 e. The van der Waals surface area contributed by atoms with E-state index in [1.807, 2.05) is 0 Å². The molecule has 3 nitrogen and oxygen atoms in total. The molecular weight excluding hydrogens is 266 g/mol. The number of fused-ring (bicyclic) bond motifs is 1. The van der Waals surface area contributed by atoms with E-state index in [1.165, 1.54) is 49.0 Å². The summed E-state index contributed by atoms with van der Waals surface area (Å²) in [5, 5.41) is 6.42. The van der Waals surface area contributed by atoms with Gasteiger partial charge in [-0.2, -0.15) is 4.37 Å². The molecule has 0 bridgehead atoms. The third-order valence-corrected chi connectivity index (χ3v) is 5.39. The molecule has 2 heterocycles. The Hall–Kier alpha value is -1.13. The normalized spacial score (nSPS) is 23.4. The smallest absolute Gasteiger partial charge is 0.120 e. The zero-order chi connectivity index (χ0) is 13.4. The summed E-state index contributed by atoms with van der Waals surface area (Å²) < 4.78 is 4.62. The largest absolute Gasteiger partial charge is 0.357 e. The van der Waals surface area contributed by atoms with Crippen LogP contribution in [0.15, 0.2) is 24.3 Å². The Kier molecular flexibility index (Phi) is 3.36. The molecule has 1 saturated carbocycles. The molecule has 4 heteroatoms. The lowest BCUT2D eigenvalue weighted by Crippen LogP contribution is -2.45. The number of nitrogens with one attached hydrogen (secondary N) is 1. The molecule has 2 fully saturated rings. The minimum atomic E-state index is 0.646. The summed E-state index contributed by atoms with van der Waals surface area (Å²) in [5.74, 6) is 0. The first kappa shape index (κ1) is 12.6. The lowest BCUT2D eigenvalue weighted by molar-refractivity contribution is 0.437. The molecule has 1 saturated heterocycles. The maximum absolute atomic E-state index is 4.62. The standard InChI is InChI=1S/C16H21N3S/c1-2-7-15-14(6-1)16(20-18-15)19-10-4-3-5-13(19)11-17-12-8-9-12/h1-2,6-7,12-13,17H,3-5,8-11H2. The molecule has 2 aliphatic rings. The molecule has 2 aromatic rings. The van der Waals surface area contributed by atoms with E-state index < -0.39 is 0 Å². The molecule has 106 valence electrons. The Labute approximate surface area is 124 Å². The number of hydrogen-bond donors (Lipinski definition) is 1. The molecular formula is C16H21N3S. The first-order valence-corrected chi connectivity index (χ1v) is 8.53. The van der Waals surface area contributed by atoms with Gasteiger partial charge in [-0.25, -0.2) is 0 Å². The zero-order valence-corrected chi connectivity index (χ0v) is 12.5. The van der Waals surface area contributed by atoms with Gasteiger partial charge in [0, 0.05) is 30.6 Å². The van der Waals surface area contributed by atoms with Crippen LogP contribution in [-0.2, 0) is 0 Å². The van der Waals surface area contributed by atoms with Crippen LogP contribution in [0.4, 0.5) is 5.00 Å². The van der Waals surface area contributed by atoms with Crippen LogP contribution >= 0.6 is 11.5 Å². The predicted molar refractivity (Wildman–Crippen MR) is 85.6 cm³/mol. The molecule has 0 spiro atoms. The molecule has 1 aromatic carbocycles. The van der Waals surface area contributed by atoms with Crippen LogP contribution in [0.3, 0.4) is 0 Å². The lowest BCUT2D eigenvalue weighted by atomic mass is 10.0. The topological polar surface area (TPSA) is 28.2 Å². The van der Waals surface area contributed by atoms with Gasteiger partial charge < -0.3 is 10.2 Å². The van der Waals surface area contributed by atoms with E-state index >= 15 is 0 Å². The summed E-state index contributed by atoms with van der Waals surface area (Å²) in [7, 11) is 0. The highest BCUT2D eigenvalue weighted by Gasteiger charge is 2.28. The Balaban J connectivity index is 1.59. The second-order valence-corrected chi connectivity index (χ2v) is 6.78. The third kappa shape index (κ3) is 2.42. The van der Waals surface area contributed by atoms with E-state index in [2.05, 4.69) is 38.9 Å². The molecule has 4 rings (SSSR count). The van der Waals surface area contributed by atoms with Gasteiger partial charge in [-0.15, -0.1) is 0 Å². The fourth-order valence-electron chi connectivity index (χ4n) is 3.15. The average Bonchev–Trinajstić information content (AvgIpc) is 3.23. The monoisotopic (exact) mass is 287 g/mol. The average molecular weight is 287 g/mol. The summed E-state index contributed by atoms with van der Waals surface area (Å²) in [6, 6.07) is 9.99. The third-order valence-electron chi connectivity index (χ3n) is 4.47. The number of nitrogens with zero attached hydrogens (tertiary/aromatic N) is 2. The van der Waals surface area contributed by atoms with E-state index in [0.717, 1.165) is 18.1 Å². The summed E-state index contributed by atoms with van der Waals surface area (Å²) in [4.78, 5) is 2.61. The number of piperidine rings is 1. The van der Waals surface area contributed by atoms with Gasteiger partial charge in [0.25, 0.3) is 0 Å². The Morgan fingerprint density at radius 3 is 3.00 bits per heavy atom. The van der Waals surface area contributed by atoms with E-state index in [-0.39, 0.29) is 0 Å². The van der Waals surface area contributed by atoms with Crippen molar-refractivity contribution in [3.8, 4) is 0 Å². The molecule has 20 heavy (non-hydrogen) atoms. The second-order valence-electron chi connectivity index (χ2n) is 6.03. The van der Waals surface area contributed by atoms with Crippen molar-refractivity contribution < 1.29 is 0 Å². The number of rotatable bonds is 4. The SMILES string of the molecule is c1ccc2c(N3CCCCC3CNC3CC3)snc2c1. The Bertz CT molecular complexity index is 590. The summed E-state index contributed by atoms with van der Waals surface area (Å²) in [6.07, 6.45) is 6.73. The molecule has 1 aromatic heterocycles. The van der Waals surface area contributed by atoms with Crippen molar-refractivity contribution >= 4 is 27.4 Å². The predicted octanol–water partition coefficient (Wildman–Crippen LogP) is 3.41. The van der Waals surface area contributed by atoms with Crippen molar-refractivity contribution in [2.45, 2.75) is 44.2 Å². The van der Waals surface area contributed by atoms with Gasteiger partial charge in [-0.3, -0.25) is 0 Å². The highest BCUT2D eigenvalue weighted by molar-refractivity contribution is 7.11. The van der Waals surface area contributed by atoms with E-state index in [1.54, 1.807) is 11.5 Å². The number of hydrogen-bond acceptors (Lipinski definition) is 4. The zero-order valence-electron chi connectivity index (χ0n) is 11.7. The van der Waals surface area contributed by atoms with Crippen LogP contribution in [0.5, 0.6) is 0 Å². The summed E-state index contributed by atoms with van der Waals surface area (Å²) in [5.41, 5.74) is 1.15. The Morgan fingerprint density at radius 2 is 2.10 bits per heavy atom. The lowest BCUT2D eigenvalue weighted by Gasteiger charge is -2.36. The van der Waals surface area contributed by atoms with Crippen molar-refractivity contribution in [1.29, 1.82) is 0 Å². The van der Waals surface area contributed by atoms with Crippen LogP contribution in [0.1, 0.15) is 32.1 Å². The van der Waals surface area contributed by atoms with Gasteiger partial charge in [0.2, 0.25) is 0 Å². The van der Waals surface area contributed by atoms with Crippen LogP contribution in [0, 0.1) is 0 Å². The van der Waals surface area contributed by atoms with Crippen molar-refractivity contribution in [1.82, 2.24) is 9.69 Å². The molecule has 1 atom stereocenters. The highest BCUT2D eigenvalue weighted by Crippen LogP contribution is 2.35. The van der Waals surface area contributed by atoms with Gasteiger partial charge in [-0.1, -0.05) is 12.1 Å². The number of benzene rings is 1. The highest BCUT2D eigenvalue weighted by atomic mass is 32.1. The molecule has 1 unspecified atom stereocenters.